The number of carboxylic acids is 1. The number of nitrogens with zero attached hydrogens (tertiary/aromatic N) is 1. The van der Waals surface area contributed by atoms with Gasteiger partial charge in [-0.3, -0.25) is 9.78 Å². The molecule has 0 fully saturated rings. The first-order valence-corrected chi connectivity index (χ1v) is 8.43. The number of aryl methyl sites for hydroxylation is 2. The normalized spacial score (nSPS) is 11.3. The van der Waals surface area contributed by atoms with E-state index in [1.54, 1.807) is 0 Å². The van der Waals surface area contributed by atoms with Crippen LogP contribution in [0.15, 0.2) is 18.2 Å². The van der Waals surface area contributed by atoms with Crippen LogP contribution in [0.25, 0.3) is 5.57 Å². The van der Waals surface area contributed by atoms with Gasteiger partial charge in [-0.2, -0.15) is 0 Å². The van der Waals surface area contributed by atoms with E-state index in [1.165, 1.54) is 16.7 Å². The molecule has 3 heteroatoms. The van der Waals surface area contributed by atoms with Crippen molar-refractivity contribution in [2.24, 2.45) is 0 Å². The van der Waals surface area contributed by atoms with Gasteiger partial charge in [-0.1, -0.05) is 39.0 Å². The molecule has 128 valence electrons. The second kappa shape index (κ2) is 10.8. The zero-order valence-corrected chi connectivity index (χ0v) is 15.7. The lowest BCUT2D eigenvalue weighted by atomic mass is 9.91. The SMILES string of the molecule is C/C=C\C=C(/CC)c1c(C)nc(C)c(CCC(=O)O)c1C.CC. The molecule has 0 aliphatic rings. The van der Waals surface area contributed by atoms with Gasteiger partial charge < -0.3 is 5.11 Å². The molecule has 1 rings (SSSR count). The van der Waals surface area contributed by atoms with Crippen molar-refractivity contribution >= 4 is 11.5 Å². The van der Waals surface area contributed by atoms with E-state index in [0.717, 1.165) is 23.4 Å². The number of allylic oxidation sites excluding steroid dienone is 4. The molecule has 1 aromatic rings. The Hall–Kier alpha value is -1.90. The molecule has 0 unspecified atom stereocenters. The molecular weight excluding hydrogens is 286 g/mol. The molecule has 1 aromatic heterocycles. The zero-order valence-electron chi connectivity index (χ0n) is 15.7. The van der Waals surface area contributed by atoms with Gasteiger partial charge in [-0.15, -0.1) is 0 Å². The fourth-order valence-electron chi connectivity index (χ4n) is 2.73. The lowest BCUT2D eigenvalue weighted by Crippen LogP contribution is -2.07. The highest BCUT2D eigenvalue weighted by atomic mass is 16.4. The molecule has 23 heavy (non-hydrogen) atoms. The second-order valence-electron chi connectivity index (χ2n) is 5.23. The highest BCUT2D eigenvalue weighted by molar-refractivity contribution is 5.72. The number of hydrogen-bond acceptors (Lipinski definition) is 2. The van der Waals surface area contributed by atoms with Gasteiger partial charge in [0.25, 0.3) is 0 Å². The van der Waals surface area contributed by atoms with Crippen LogP contribution in [0.3, 0.4) is 0 Å². The Labute approximate surface area is 141 Å². The summed E-state index contributed by atoms with van der Waals surface area (Å²) in [4.78, 5) is 15.5. The van der Waals surface area contributed by atoms with E-state index in [9.17, 15) is 4.79 Å². The van der Waals surface area contributed by atoms with E-state index >= 15 is 0 Å². The van der Waals surface area contributed by atoms with Crippen molar-refractivity contribution in [2.45, 2.75) is 67.7 Å². The van der Waals surface area contributed by atoms with Crippen molar-refractivity contribution in [3.05, 3.63) is 46.3 Å². The van der Waals surface area contributed by atoms with Crippen molar-refractivity contribution in [3.63, 3.8) is 0 Å². The third kappa shape index (κ3) is 6.01. The molecule has 1 N–H and O–H groups in total. The number of carbonyl (C=O) groups is 1. The van der Waals surface area contributed by atoms with Crippen molar-refractivity contribution < 1.29 is 9.90 Å². The Balaban J connectivity index is 0.00000232. The van der Waals surface area contributed by atoms with Crippen LogP contribution in [-0.4, -0.2) is 16.1 Å². The largest absolute Gasteiger partial charge is 0.481 e. The fraction of sp³-hybridized carbons (Fsp3) is 0.500. The fourth-order valence-corrected chi connectivity index (χ4v) is 2.73. The van der Waals surface area contributed by atoms with E-state index in [4.69, 9.17) is 5.11 Å². The molecule has 0 saturated heterocycles. The summed E-state index contributed by atoms with van der Waals surface area (Å²) >= 11 is 0. The molecule has 3 nitrogen and oxygen atoms in total. The van der Waals surface area contributed by atoms with Crippen LogP contribution >= 0.6 is 0 Å². The van der Waals surface area contributed by atoms with Gasteiger partial charge in [0.1, 0.15) is 0 Å². The summed E-state index contributed by atoms with van der Waals surface area (Å²) in [6.07, 6.45) is 7.77. The Morgan fingerprint density at radius 2 is 1.78 bits per heavy atom. The Morgan fingerprint density at radius 1 is 1.17 bits per heavy atom. The molecule has 0 amide bonds. The number of aromatic nitrogens is 1. The van der Waals surface area contributed by atoms with E-state index in [-0.39, 0.29) is 6.42 Å². The molecule has 0 bridgehead atoms. The maximum absolute atomic E-state index is 10.8. The smallest absolute Gasteiger partial charge is 0.303 e. The van der Waals surface area contributed by atoms with Crippen LogP contribution in [-0.2, 0) is 11.2 Å². The third-order valence-electron chi connectivity index (χ3n) is 3.74. The number of rotatable bonds is 6. The molecule has 0 aliphatic carbocycles. The summed E-state index contributed by atoms with van der Waals surface area (Å²) in [6, 6.07) is 0. The summed E-state index contributed by atoms with van der Waals surface area (Å²) in [5.41, 5.74) is 6.60. The number of aliphatic carboxylic acids is 1. The first-order valence-electron chi connectivity index (χ1n) is 8.43. The van der Waals surface area contributed by atoms with Crippen LogP contribution < -0.4 is 0 Å². The Kier molecular flexibility index (Phi) is 9.87. The number of carboxylic acid groups (broad SMARTS) is 1. The Morgan fingerprint density at radius 3 is 2.26 bits per heavy atom. The van der Waals surface area contributed by atoms with Gasteiger partial charge in [0.15, 0.2) is 0 Å². The summed E-state index contributed by atoms with van der Waals surface area (Å²) in [6.45, 7) is 14.2. The minimum absolute atomic E-state index is 0.145. The van der Waals surface area contributed by atoms with Crippen molar-refractivity contribution in [1.29, 1.82) is 0 Å². The average Bonchev–Trinajstić information content (AvgIpc) is 2.51. The topological polar surface area (TPSA) is 50.2 Å². The molecule has 0 radical (unpaired) electrons. The van der Waals surface area contributed by atoms with E-state index in [0.29, 0.717) is 6.42 Å². The van der Waals surface area contributed by atoms with Crippen LogP contribution in [0.5, 0.6) is 0 Å². The molecule has 0 aromatic carbocycles. The summed E-state index contributed by atoms with van der Waals surface area (Å²) in [7, 11) is 0. The summed E-state index contributed by atoms with van der Waals surface area (Å²) in [5.74, 6) is -0.768. The highest BCUT2D eigenvalue weighted by Crippen LogP contribution is 2.29. The van der Waals surface area contributed by atoms with Crippen LogP contribution in [0.1, 0.15) is 68.6 Å². The Bertz CT molecular complexity index is 584. The maximum atomic E-state index is 10.8. The number of pyridine rings is 1. The number of hydrogen-bond donors (Lipinski definition) is 1. The van der Waals surface area contributed by atoms with E-state index in [1.807, 2.05) is 46.8 Å². The first kappa shape index (κ1) is 21.1. The maximum Gasteiger partial charge on any atom is 0.303 e. The lowest BCUT2D eigenvalue weighted by molar-refractivity contribution is -0.136. The summed E-state index contributed by atoms with van der Waals surface area (Å²) < 4.78 is 0. The first-order chi connectivity index (χ1) is 10.9. The molecule has 0 atom stereocenters. The zero-order chi connectivity index (χ0) is 18.0. The van der Waals surface area contributed by atoms with Gasteiger partial charge in [0.05, 0.1) is 0 Å². The van der Waals surface area contributed by atoms with E-state index in [2.05, 4.69) is 24.9 Å². The third-order valence-corrected chi connectivity index (χ3v) is 3.74. The lowest BCUT2D eigenvalue weighted by Gasteiger charge is -2.17. The minimum atomic E-state index is -0.768. The molecular formula is C20H31NO2. The minimum Gasteiger partial charge on any atom is -0.481 e. The van der Waals surface area contributed by atoms with Crippen molar-refractivity contribution in [2.75, 3.05) is 0 Å². The van der Waals surface area contributed by atoms with E-state index < -0.39 is 5.97 Å². The highest BCUT2D eigenvalue weighted by Gasteiger charge is 2.15. The molecule has 0 spiro atoms. The predicted molar refractivity (Wildman–Crippen MR) is 98.8 cm³/mol. The van der Waals surface area contributed by atoms with Gasteiger partial charge >= 0.3 is 5.97 Å². The second-order valence-corrected chi connectivity index (χ2v) is 5.23. The molecule has 0 aliphatic heterocycles. The quantitative estimate of drug-likeness (QED) is 0.713. The van der Waals surface area contributed by atoms with Crippen LogP contribution in [0, 0.1) is 20.8 Å². The van der Waals surface area contributed by atoms with Gasteiger partial charge in [-0.25, -0.2) is 0 Å². The summed E-state index contributed by atoms with van der Waals surface area (Å²) in [5, 5.41) is 8.91. The molecule has 1 heterocycles. The van der Waals surface area contributed by atoms with Crippen LogP contribution in [0.2, 0.25) is 0 Å². The molecule has 0 saturated carbocycles. The standard InChI is InChI=1S/C18H25NO2.C2H6/c1-6-8-9-15(7-2)18-12(3)16(10-11-17(20)21)13(4)19-14(18)5;1-2/h6,8-9H,7,10-11H2,1-5H3,(H,20,21);1-2H3/b8-6-,15-9+;. The van der Waals surface area contributed by atoms with Crippen molar-refractivity contribution in [3.8, 4) is 0 Å². The van der Waals surface area contributed by atoms with Crippen LogP contribution in [0.4, 0.5) is 0 Å². The van der Waals surface area contributed by atoms with Crippen molar-refractivity contribution in [1.82, 2.24) is 4.98 Å². The van der Waals surface area contributed by atoms with Gasteiger partial charge in [-0.05, 0) is 57.2 Å². The predicted octanol–water partition coefficient (Wildman–Crippen LogP) is 5.42. The monoisotopic (exact) mass is 317 g/mol. The van der Waals surface area contributed by atoms with Gasteiger partial charge in [0.2, 0.25) is 0 Å². The van der Waals surface area contributed by atoms with Gasteiger partial charge in [0, 0.05) is 23.4 Å². The average molecular weight is 317 g/mol.